The molecule has 118 valence electrons. The quantitative estimate of drug-likeness (QED) is 0.878. The SMILES string of the molecule is CN1C2CCCC1CC(NS(=O)(=O)c1csc(CO)c1)C2. The minimum absolute atomic E-state index is 0.0268. The summed E-state index contributed by atoms with van der Waals surface area (Å²) in [6.07, 6.45) is 5.37. The molecule has 0 amide bonds. The molecule has 2 atom stereocenters. The molecule has 2 N–H and O–H groups in total. The van der Waals surface area contributed by atoms with E-state index in [1.807, 2.05) is 0 Å². The fraction of sp³-hybridized carbons (Fsp3) is 0.714. The molecule has 1 aromatic heterocycles. The maximum absolute atomic E-state index is 12.4. The third-order valence-electron chi connectivity index (χ3n) is 4.76. The van der Waals surface area contributed by atoms with E-state index in [0.29, 0.717) is 17.0 Å². The van der Waals surface area contributed by atoms with E-state index in [0.717, 1.165) is 12.8 Å². The first-order valence-corrected chi connectivity index (χ1v) is 9.78. The van der Waals surface area contributed by atoms with Gasteiger partial charge in [0.25, 0.3) is 0 Å². The Balaban J connectivity index is 1.71. The molecular formula is C14H22N2O3S2. The van der Waals surface area contributed by atoms with E-state index in [2.05, 4.69) is 16.7 Å². The molecule has 2 aliphatic rings. The summed E-state index contributed by atoms with van der Waals surface area (Å²) in [6, 6.07) is 2.59. The summed E-state index contributed by atoms with van der Waals surface area (Å²) in [5, 5.41) is 10.7. The van der Waals surface area contributed by atoms with Gasteiger partial charge in [0.2, 0.25) is 10.0 Å². The Labute approximate surface area is 130 Å². The summed E-state index contributed by atoms with van der Waals surface area (Å²) in [4.78, 5) is 3.37. The highest BCUT2D eigenvalue weighted by Gasteiger charge is 2.37. The second kappa shape index (κ2) is 5.96. The van der Waals surface area contributed by atoms with Crippen LogP contribution in [-0.2, 0) is 16.6 Å². The van der Waals surface area contributed by atoms with Crippen molar-refractivity contribution in [3.05, 3.63) is 16.3 Å². The standard InChI is InChI=1S/C14H22N2O3S2/c1-16-11-3-2-4-12(16)6-10(5-11)15-21(18,19)14-7-13(8-17)20-9-14/h7,9-12,15,17H,2-6,8H2,1H3. The van der Waals surface area contributed by atoms with E-state index in [1.165, 1.54) is 30.6 Å². The van der Waals surface area contributed by atoms with E-state index in [1.54, 1.807) is 11.4 Å². The predicted molar refractivity (Wildman–Crippen MR) is 82.8 cm³/mol. The number of piperidine rings is 2. The van der Waals surface area contributed by atoms with Crippen molar-refractivity contribution >= 4 is 21.4 Å². The van der Waals surface area contributed by atoms with Crippen molar-refractivity contribution in [2.45, 2.75) is 61.7 Å². The van der Waals surface area contributed by atoms with Crippen LogP contribution in [0.15, 0.2) is 16.3 Å². The first-order valence-electron chi connectivity index (χ1n) is 7.42. The van der Waals surface area contributed by atoms with Crippen LogP contribution in [0.5, 0.6) is 0 Å². The maximum atomic E-state index is 12.4. The highest BCUT2D eigenvalue weighted by molar-refractivity contribution is 7.89. The summed E-state index contributed by atoms with van der Waals surface area (Å²) in [5.74, 6) is 0. The average molecular weight is 330 g/mol. The van der Waals surface area contributed by atoms with Gasteiger partial charge >= 0.3 is 0 Å². The third-order valence-corrected chi connectivity index (χ3v) is 7.33. The van der Waals surface area contributed by atoms with Crippen molar-refractivity contribution in [3.8, 4) is 0 Å². The molecule has 7 heteroatoms. The lowest BCUT2D eigenvalue weighted by molar-refractivity contribution is 0.0536. The second-order valence-electron chi connectivity index (χ2n) is 6.10. The van der Waals surface area contributed by atoms with Gasteiger partial charge in [-0.15, -0.1) is 11.3 Å². The zero-order valence-electron chi connectivity index (χ0n) is 12.2. The van der Waals surface area contributed by atoms with Gasteiger partial charge in [0.1, 0.15) is 0 Å². The summed E-state index contributed by atoms with van der Waals surface area (Å²) in [5.41, 5.74) is 0. The van der Waals surface area contributed by atoms with E-state index >= 15 is 0 Å². The number of rotatable bonds is 4. The highest BCUT2D eigenvalue weighted by Crippen LogP contribution is 2.33. The van der Waals surface area contributed by atoms with Gasteiger partial charge in [-0.2, -0.15) is 0 Å². The lowest BCUT2D eigenvalue weighted by atomic mass is 9.83. The molecule has 0 aromatic carbocycles. The zero-order valence-corrected chi connectivity index (χ0v) is 13.8. The van der Waals surface area contributed by atoms with Crippen molar-refractivity contribution in [1.29, 1.82) is 0 Å². The number of thiophene rings is 1. The first-order chi connectivity index (χ1) is 9.99. The topological polar surface area (TPSA) is 69.6 Å². The Morgan fingerprint density at radius 3 is 2.62 bits per heavy atom. The molecule has 0 aliphatic carbocycles. The molecule has 0 saturated carbocycles. The van der Waals surface area contributed by atoms with Gasteiger partial charge in [-0.3, -0.25) is 0 Å². The fourth-order valence-corrected chi connectivity index (χ4v) is 5.98. The number of fused-ring (bicyclic) bond motifs is 2. The van der Waals surface area contributed by atoms with Crippen LogP contribution in [0.1, 0.15) is 37.0 Å². The number of aliphatic hydroxyl groups excluding tert-OH is 1. The van der Waals surface area contributed by atoms with Gasteiger partial charge in [0.15, 0.2) is 0 Å². The fourth-order valence-electron chi connectivity index (χ4n) is 3.58. The smallest absolute Gasteiger partial charge is 0.241 e. The maximum Gasteiger partial charge on any atom is 0.241 e. The van der Waals surface area contributed by atoms with Crippen LogP contribution in [-0.4, -0.2) is 43.6 Å². The van der Waals surface area contributed by atoms with Gasteiger partial charge in [0.05, 0.1) is 11.5 Å². The van der Waals surface area contributed by atoms with Crippen molar-refractivity contribution in [2.75, 3.05) is 7.05 Å². The van der Waals surface area contributed by atoms with E-state index in [-0.39, 0.29) is 17.5 Å². The minimum Gasteiger partial charge on any atom is -0.391 e. The molecular weight excluding hydrogens is 308 g/mol. The monoisotopic (exact) mass is 330 g/mol. The predicted octanol–water partition coefficient (Wildman–Crippen LogP) is 1.53. The van der Waals surface area contributed by atoms with Gasteiger partial charge < -0.3 is 10.0 Å². The number of nitrogens with zero attached hydrogens (tertiary/aromatic N) is 1. The Hall–Kier alpha value is -0.470. The number of hydrogen-bond donors (Lipinski definition) is 2. The average Bonchev–Trinajstić information content (AvgIpc) is 2.89. The van der Waals surface area contributed by atoms with Crippen LogP contribution in [0, 0.1) is 0 Å². The van der Waals surface area contributed by atoms with Gasteiger partial charge in [-0.05, 0) is 38.8 Å². The molecule has 21 heavy (non-hydrogen) atoms. The lowest BCUT2D eigenvalue weighted by Gasteiger charge is -2.47. The summed E-state index contributed by atoms with van der Waals surface area (Å²) >= 11 is 1.28. The van der Waals surface area contributed by atoms with E-state index < -0.39 is 10.0 Å². The Morgan fingerprint density at radius 1 is 1.38 bits per heavy atom. The summed E-state index contributed by atoms with van der Waals surface area (Å²) in [7, 11) is -1.31. The molecule has 2 unspecified atom stereocenters. The molecule has 0 radical (unpaired) electrons. The number of aliphatic hydroxyl groups is 1. The number of hydrogen-bond acceptors (Lipinski definition) is 5. The van der Waals surface area contributed by atoms with Crippen LogP contribution in [0.25, 0.3) is 0 Å². The van der Waals surface area contributed by atoms with Crippen molar-refractivity contribution in [2.24, 2.45) is 0 Å². The van der Waals surface area contributed by atoms with Gasteiger partial charge in [-0.25, -0.2) is 13.1 Å². The van der Waals surface area contributed by atoms with Crippen LogP contribution < -0.4 is 4.72 Å². The third kappa shape index (κ3) is 3.17. The van der Waals surface area contributed by atoms with E-state index in [4.69, 9.17) is 5.11 Å². The zero-order chi connectivity index (χ0) is 15.0. The normalized spacial score (nSPS) is 30.5. The molecule has 2 saturated heterocycles. The Morgan fingerprint density at radius 2 is 2.05 bits per heavy atom. The molecule has 2 aliphatic heterocycles. The molecule has 2 fully saturated rings. The molecule has 1 aromatic rings. The Kier molecular flexibility index (Phi) is 4.38. The van der Waals surface area contributed by atoms with Gasteiger partial charge in [-0.1, -0.05) is 6.42 Å². The molecule has 3 heterocycles. The van der Waals surface area contributed by atoms with Crippen LogP contribution in [0.3, 0.4) is 0 Å². The number of sulfonamides is 1. The minimum atomic E-state index is -3.47. The van der Waals surface area contributed by atoms with Crippen LogP contribution in [0.2, 0.25) is 0 Å². The van der Waals surface area contributed by atoms with Crippen LogP contribution in [0.4, 0.5) is 0 Å². The first kappa shape index (κ1) is 15.4. The highest BCUT2D eigenvalue weighted by atomic mass is 32.2. The van der Waals surface area contributed by atoms with Crippen LogP contribution >= 0.6 is 11.3 Å². The van der Waals surface area contributed by atoms with Crippen molar-refractivity contribution < 1.29 is 13.5 Å². The molecule has 0 spiro atoms. The van der Waals surface area contributed by atoms with Gasteiger partial charge in [0, 0.05) is 28.4 Å². The Bertz CT molecular complexity index is 585. The lowest BCUT2D eigenvalue weighted by Crippen LogP contribution is -2.55. The molecule has 3 rings (SSSR count). The van der Waals surface area contributed by atoms with Crippen molar-refractivity contribution in [1.82, 2.24) is 9.62 Å². The molecule has 2 bridgehead atoms. The number of nitrogens with one attached hydrogen (secondary N) is 1. The second-order valence-corrected chi connectivity index (χ2v) is 8.81. The summed E-state index contributed by atoms with van der Waals surface area (Å²) in [6.45, 7) is -0.113. The summed E-state index contributed by atoms with van der Waals surface area (Å²) < 4.78 is 27.7. The van der Waals surface area contributed by atoms with Crippen molar-refractivity contribution in [3.63, 3.8) is 0 Å². The molecule has 5 nitrogen and oxygen atoms in total. The largest absolute Gasteiger partial charge is 0.391 e. The van der Waals surface area contributed by atoms with E-state index in [9.17, 15) is 8.42 Å².